The Morgan fingerprint density at radius 3 is 2.59 bits per heavy atom. The number of thioether (sulfide) groups is 1. The fraction of sp³-hybridized carbons (Fsp3) is 0.0870. The average molecular weight is 484 g/mol. The summed E-state index contributed by atoms with van der Waals surface area (Å²) < 4.78 is 6.81. The second kappa shape index (κ2) is 10.0. The van der Waals surface area contributed by atoms with Crippen LogP contribution in [0.15, 0.2) is 71.1 Å². The van der Waals surface area contributed by atoms with E-state index in [2.05, 4.69) is 15.6 Å². The molecule has 2 amide bonds. The minimum absolute atomic E-state index is 0.158. The number of thiazole rings is 1. The van der Waals surface area contributed by atoms with Crippen molar-refractivity contribution in [2.45, 2.75) is 4.34 Å². The van der Waals surface area contributed by atoms with Crippen LogP contribution < -0.4 is 15.4 Å². The second-order valence-electron chi connectivity index (χ2n) is 6.66. The standard InChI is InChI=1S/C23H18ClN3O3S2/c1-30-16-9-6-14(7-10-16)22(29)25-15-8-11-19-20(12-15)32-23(27-19)31-13-21(28)26-18-5-3-2-4-17(18)24/h2-12H,13H2,1H3,(H,25,29)(H,26,28). The Morgan fingerprint density at radius 2 is 1.84 bits per heavy atom. The Morgan fingerprint density at radius 1 is 1.06 bits per heavy atom. The third kappa shape index (κ3) is 5.40. The third-order valence-electron chi connectivity index (χ3n) is 4.45. The quantitative estimate of drug-likeness (QED) is 0.318. The van der Waals surface area contributed by atoms with Gasteiger partial charge >= 0.3 is 0 Å². The highest BCUT2D eigenvalue weighted by Gasteiger charge is 2.11. The number of carbonyl (C=O) groups is 2. The van der Waals surface area contributed by atoms with Gasteiger partial charge in [-0.1, -0.05) is 35.5 Å². The lowest BCUT2D eigenvalue weighted by atomic mass is 10.2. The van der Waals surface area contributed by atoms with Crippen molar-refractivity contribution in [1.82, 2.24) is 4.98 Å². The van der Waals surface area contributed by atoms with Crippen molar-refractivity contribution >= 4 is 68.1 Å². The van der Waals surface area contributed by atoms with E-state index in [0.29, 0.717) is 27.7 Å². The zero-order chi connectivity index (χ0) is 22.5. The minimum Gasteiger partial charge on any atom is -0.497 e. The highest BCUT2D eigenvalue weighted by Crippen LogP contribution is 2.31. The molecule has 0 aliphatic carbocycles. The van der Waals surface area contributed by atoms with Gasteiger partial charge in [0.2, 0.25) is 5.91 Å². The summed E-state index contributed by atoms with van der Waals surface area (Å²) in [6.45, 7) is 0. The van der Waals surface area contributed by atoms with Crippen molar-refractivity contribution in [3.63, 3.8) is 0 Å². The van der Waals surface area contributed by atoms with Crippen molar-refractivity contribution in [3.05, 3.63) is 77.3 Å². The largest absolute Gasteiger partial charge is 0.497 e. The van der Waals surface area contributed by atoms with E-state index in [0.717, 1.165) is 14.6 Å². The molecule has 3 aromatic carbocycles. The molecule has 0 bridgehead atoms. The maximum atomic E-state index is 12.5. The van der Waals surface area contributed by atoms with Crippen molar-refractivity contribution in [2.24, 2.45) is 0 Å². The van der Waals surface area contributed by atoms with Crippen molar-refractivity contribution in [2.75, 3.05) is 23.5 Å². The summed E-state index contributed by atoms with van der Waals surface area (Å²) >= 11 is 8.90. The van der Waals surface area contributed by atoms with E-state index in [-0.39, 0.29) is 17.6 Å². The number of nitrogens with one attached hydrogen (secondary N) is 2. The molecule has 162 valence electrons. The molecular formula is C23H18ClN3O3S2. The molecule has 0 aliphatic heterocycles. The number of hydrogen-bond donors (Lipinski definition) is 2. The maximum absolute atomic E-state index is 12.5. The fourth-order valence-electron chi connectivity index (χ4n) is 2.86. The molecule has 6 nitrogen and oxygen atoms in total. The maximum Gasteiger partial charge on any atom is 0.255 e. The Labute approximate surface area is 198 Å². The number of hydrogen-bond acceptors (Lipinski definition) is 6. The molecule has 0 fully saturated rings. The van der Waals surface area contributed by atoms with Crippen LogP contribution >= 0.6 is 34.7 Å². The Kier molecular flexibility index (Phi) is 6.94. The van der Waals surface area contributed by atoms with E-state index in [1.807, 2.05) is 30.3 Å². The van der Waals surface area contributed by atoms with Gasteiger partial charge in [-0.05, 0) is 54.6 Å². The number of carbonyl (C=O) groups excluding carboxylic acids is 2. The molecule has 1 heterocycles. The summed E-state index contributed by atoms with van der Waals surface area (Å²) in [4.78, 5) is 29.3. The van der Waals surface area contributed by atoms with Crippen LogP contribution in [0.3, 0.4) is 0 Å². The molecule has 9 heteroatoms. The van der Waals surface area contributed by atoms with Gasteiger partial charge in [-0.25, -0.2) is 4.98 Å². The summed E-state index contributed by atoms with van der Waals surface area (Å²) in [5.41, 5.74) is 2.61. The number of rotatable bonds is 7. The van der Waals surface area contributed by atoms with Gasteiger partial charge in [-0.3, -0.25) is 9.59 Å². The molecule has 0 spiro atoms. The van der Waals surface area contributed by atoms with Gasteiger partial charge in [0.1, 0.15) is 5.75 Å². The molecule has 0 unspecified atom stereocenters. The number of methoxy groups -OCH3 is 1. The van der Waals surface area contributed by atoms with Crippen LogP contribution in [0, 0.1) is 0 Å². The van der Waals surface area contributed by atoms with Gasteiger partial charge < -0.3 is 15.4 Å². The average Bonchev–Trinajstić information content (AvgIpc) is 3.21. The first-order chi connectivity index (χ1) is 15.5. The van der Waals surface area contributed by atoms with Gasteiger partial charge in [-0.15, -0.1) is 11.3 Å². The second-order valence-corrected chi connectivity index (χ2v) is 9.32. The first-order valence-corrected chi connectivity index (χ1v) is 11.7. The summed E-state index contributed by atoms with van der Waals surface area (Å²) in [6.07, 6.45) is 0. The van der Waals surface area contributed by atoms with E-state index in [9.17, 15) is 9.59 Å². The Bertz CT molecular complexity index is 1280. The summed E-state index contributed by atoms with van der Waals surface area (Å²) in [7, 11) is 1.58. The van der Waals surface area contributed by atoms with E-state index < -0.39 is 0 Å². The molecule has 0 atom stereocenters. The van der Waals surface area contributed by atoms with Crippen LogP contribution in [0.25, 0.3) is 10.2 Å². The van der Waals surface area contributed by atoms with Gasteiger partial charge in [0, 0.05) is 11.3 Å². The van der Waals surface area contributed by atoms with Crippen molar-refractivity contribution in [3.8, 4) is 5.75 Å². The number of amides is 2. The van der Waals surface area contributed by atoms with Crippen LogP contribution in [-0.2, 0) is 4.79 Å². The molecule has 32 heavy (non-hydrogen) atoms. The summed E-state index contributed by atoms with van der Waals surface area (Å²) in [5, 5.41) is 6.19. The van der Waals surface area contributed by atoms with Crippen LogP contribution in [0.2, 0.25) is 5.02 Å². The molecule has 1 aromatic heterocycles. The normalized spacial score (nSPS) is 10.7. The molecule has 4 rings (SSSR count). The third-order valence-corrected chi connectivity index (χ3v) is 6.94. The predicted octanol–water partition coefficient (Wildman–Crippen LogP) is 5.94. The van der Waals surface area contributed by atoms with E-state index in [1.54, 1.807) is 43.5 Å². The lowest BCUT2D eigenvalue weighted by Gasteiger charge is -2.06. The molecule has 0 saturated carbocycles. The molecule has 0 aliphatic rings. The minimum atomic E-state index is -0.206. The first-order valence-electron chi connectivity index (χ1n) is 9.55. The number of fused-ring (bicyclic) bond motifs is 1. The van der Waals surface area contributed by atoms with E-state index in [4.69, 9.17) is 16.3 Å². The van der Waals surface area contributed by atoms with Crippen LogP contribution in [0.1, 0.15) is 10.4 Å². The fourth-order valence-corrected chi connectivity index (χ4v) is 4.96. The van der Waals surface area contributed by atoms with Gasteiger partial charge in [0.05, 0.1) is 33.8 Å². The topological polar surface area (TPSA) is 80.3 Å². The highest BCUT2D eigenvalue weighted by atomic mass is 35.5. The zero-order valence-corrected chi connectivity index (χ0v) is 19.3. The first kappa shape index (κ1) is 22.1. The summed E-state index contributed by atoms with van der Waals surface area (Å²) in [6, 6.07) is 19.5. The number of para-hydroxylation sites is 1. The van der Waals surface area contributed by atoms with Gasteiger partial charge in [0.15, 0.2) is 4.34 Å². The molecule has 2 N–H and O–H groups in total. The number of aromatic nitrogens is 1. The number of anilines is 2. The molecule has 4 aromatic rings. The van der Waals surface area contributed by atoms with Crippen molar-refractivity contribution in [1.29, 1.82) is 0 Å². The molecule has 0 saturated heterocycles. The zero-order valence-electron chi connectivity index (χ0n) is 16.9. The Hall–Kier alpha value is -3.07. The number of benzene rings is 3. The summed E-state index contributed by atoms with van der Waals surface area (Å²) in [5.74, 6) is 0.543. The number of halogens is 1. The SMILES string of the molecule is COc1ccc(C(=O)Nc2ccc3nc(SCC(=O)Nc4ccccc4Cl)sc3c2)cc1. The monoisotopic (exact) mass is 483 g/mol. The lowest BCUT2D eigenvalue weighted by Crippen LogP contribution is -2.14. The smallest absolute Gasteiger partial charge is 0.255 e. The number of ether oxygens (including phenoxy) is 1. The van der Waals surface area contributed by atoms with Crippen LogP contribution in [0.4, 0.5) is 11.4 Å². The van der Waals surface area contributed by atoms with E-state index in [1.165, 1.54) is 23.1 Å². The van der Waals surface area contributed by atoms with Crippen molar-refractivity contribution < 1.29 is 14.3 Å². The highest BCUT2D eigenvalue weighted by molar-refractivity contribution is 8.01. The van der Waals surface area contributed by atoms with Crippen LogP contribution in [0.5, 0.6) is 5.75 Å². The van der Waals surface area contributed by atoms with E-state index >= 15 is 0 Å². The van der Waals surface area contributed by atoms with Crippen LogP contribution in [-0.4, -0.2) is 29.7 Å². The molecular weight excluding hydrogens is 466 g/mol. The van der Waals surface area contributed by atoms with Gasteiger partial charge in [0.25, 0.3) is 5.91 Å². The lowest BCUT2D eigenvalue weighted by molar-refractivity contribution is -0.113. The Balaban J connectivity index is 1.38. The molecule has 0 radical (unpaired) electrons. The predicted molar refractivity (Wildman–Crippen MR) is 131 cm³/mol. The van der Waals surface area contributed by atoms with Gasteiger partial charge in [-0.2, -0.15) is 0 Å². The number of nitrogens with zero attached hydrogens (tertiary/aromatic N) is 1.